The molecule has 0 aliphatic rings. The summed E-state index contributed by atoms with van der Waals surface area (Å²) in [5, 5.41) is 2.73. The molecule has 3 nitrogen and oxygen atoms in total. The highest BCUT2D eigenvalue weighted by Gasteiger charge is 2.12. The van der Waals surface area contributed by atoms with Crippen LogP contribution in [0.3, 0.4) is 0 Å². The van der Waals surface area contributed by atoms with Gasteiger partial charge in [0.05, 0.1) is 5.56 Å². The largest absolute Gasteiger partial charge is 0.457 e. The van der Waals surface area contributed by atoms with E-state index in [2.05, 4.69) is 5.32 Å². The fraction of sp³-hybridized carbons (Fsp3) is 0.0500. The molecule has 0 radical (unpaired) electrons. The molecule has 3 rings (SSSR count). The normalized spacial score (nSPS) is 10.2. The molecule has 0 aromatic heterocycles. The van der Waals surface area contributed by atoms with Crippen LogP contribution in [0, 0.1) is 12.7 Å². The Balaban J connectivity index is 1.82. The van der Waals surface area contributed by atoms with Crippen molar-refractivity contribution in [2.24, 2.45) is 0 Å². The molecule has 0 bridgehead atoms. The van der Waals surface area contributed by atoms with Crippen molar-refractivity contribution in [1.29, 1.82) is 0 Å². The van der Waals surface area contributed by atoms with Crippen LogP contribution in [0.25, 0.3) is 0 Å². The molecule has 0 atom stereocenters. The Morgan fingerprint density at radius 3 is 2.38 bits per heavy atom. The lowest BCUT2D eigenvalue weighted by Gasteiger charge is -2.12. The summed E-state index contributed by atoms with van der Waals surface area (Å²) < 4.78 is 19.5. The summed E-state index contributed by atoms with van der Waals surface area (Å²) in [7, 11) is 0. The van der Waals surface area contributed by atoms with Gasteiger partial charge in [-0.2, -0.15) is 0 Å². The van der Waals surface area contributed by atoms with E-state index in [1.54, 1.807) is 18.2 Å². The number of anilines is 1. The van der Waals surface area contributed by atoms with Crippen LogP contribution in [0.4, 0.5) is 10.1 Å². The number of rotatable bonds is 4. The van der Waals surface area contributed by atoms with Gasteiger partial charge in [0.1, 0.15) is 17.3 Å². The maximum absolute atomic E-state index is 13.7. The zero-order chi connectivity index (χ0) is 16.9. The van der Waals surface area contributed by atoms with Gasteiger partial charge in [-0.25, -0.2) is 4.39 Å². The average Bonchev–Trinajstić information content (AvgIpc) is 2.59. The Kier molecular flexibility index (Phi) is 4.57. The molecule has 0 saturated heterocycles. The summed E-state index contributed by atoms with van der Waals surface area (Å²) in [6, 6.07) is 20.6. The molecule has 0 unspecified atom stereocenters. The van der Waals surface area contributed by atoms with E-state index in [9.17, 15) is 9.18 Å². The predicted molar refractivity (Wildman–Crippen MR) is 92.0 cm³/mol. The third-order valence-corrected chi connectivity index (χ3v) is 3.55. The smallest absolute Gasteiger partial charge is 0.258 e. The van der Waals surface area contributed by atoms with Crippen LogP contribution >= 0.6 is 0 Å². The van der Waals surface area contributed by atoms with Crippen LogP contribution in [0.1, 0.15) is 15.9 Å². The van der Waals surface area contributed by atoms with Gasteiger partial charge in [0, 0.05) is 11.8 Å². The number of para-hydroxylation sites is 1. The number of hydrogen-bond acceptors (Lipinski definition) is 2. The third-order valence-electron chi connectivity index (χ3n) is 3.55. The number of halogens is 1. The Labute approximate surface area is 139 Å². The lowest BCUT2D eigenvalue weighted by Crippen LogP contribution is -2.14. The van der Waals surface area contributed by atoms with Crippen molar-refractivity contribution in [2.75, 3.05) is 5.32 Å². The lowest BCUT2D eigenvalue weighted by atomic mass is 10.1. The van der Waals surface area contributed by atoms with Gasteiger partial charge in [-0.1, -0.05) is 36.4 Å². The summed E-state index contributed by atoms with van der Waals surface area (Å²) in [5.41, 5.74) is 1.45. The first-order valence-corrected chi connectivity index (χ1v) is 7.53. The van der Waals surface area contributed by atoms with Gasteiger partial charge < -0.3 is 10.1 Å². The van der Waals surface area contributed by atoms with Gasteiger partial charge in [0.15, 0.2) is 0 Å². The quantitative estimate of drug-likeness (QED) is 0.719. The lowest BCUT2D eigenvalue weighted by molar-refractivity contribution is 0.102. The summed E-state index contributed by atoms with van der Waals surface area (Å²) in [6.45, 7) is 1.86. The summed E-state index contributed by atoms with van der Waals surface area (Å²) in [5.74, 6) is 0.251. The number of ether oxygens (including phenoxy) is 1. The van der Waals surface area contributed by atoms with Crippen molar-refractivity contribution in [1.82, 2.24) is 0 Å². The second-order valence-electron chi connectivity index (χ2n) is 5.33. The zero-order valence-corrected chi connectivity index (χ0v) is 13.1. The van der Waals surface area contributed by atoms with E-state index in [4.69, 9.17) is 4.74 Å². The van der Waals surface area contributed by atoms with Crippen LogP contribution in [0.15, 0.2) is 72.8 Å². The molecule has 0 spiro atoms. The molecule has 24 heavy (non-hydrogen) atoms. The van der Waals surface area contributed by atoms with Crippen molar-refractivity contribution in [3.8, 4) is 11.5 Å². The van der Waals surface area contributed by atoms with E-state index >= 15 is 0 Å². The molecular weight excluding hydrogens is 305 g/mol. The number of amides is 1. The molecule has 3 aromatic carbocycles. The highest BCUT2D eigenvalue weighted by molar-refractivity contribution is 6.04. The molecule has 0 fully saturated rings. The number of carbonyl (C=O) groups excluding carboxylic acids is 1. The first-order chi connectivity index (χ1) is 11.6. The molecule has 0 aliphatic carbocycles. The summed E-state index contributed by atoms with van der Waals surface area (Å²) >= 11 is 0. The molecule has 0 heterocycles. The minimum Gasteiger partial charge on any atom is -0.457 e. The van der Waals surface area contributed by atoms with Crippen molar-refractivity contribution >= 4 is 11.6 Å². The van der Waals surface area contributed by atoms with E-state index in [1.807, 2.05) is 49.4 Å². The SMILES string of the molecule is Cc1ccc(Oc2ccccc2)cc1NC(=O)c1ccccc1F. The standard InChI is InChI=1S/C20H16FNO2/c1-14-11-12-16(24-15-7-3-2-4-8-15)13-19(14)22-20(23)17-9-5-6-10-18(17)21/h2-13H,1H3,(H,22,23). The first-order valence-electron chi connectivity index (χ1n) is 7.53. The van der Waals surface area contributed by atoms with Gasteiger partial charge in [0.2, 0.25) is 0 Å². The second kappa shape index (κ2) is 6.96. The van der Waals surface area contributed by atoms with Crippen molar-refractivity contribution in [2.45, 2.75) is 6.92 Å². The van der Waals surface area contributed by atoms with Crippen molar-refractivity contribution in [3.05, 3.63) is 89.7 Å². The van der Waals surface area contributed by atoms with Crippen LogP contribution in [0.5, 0.6) is 11.5 Å². The van der Waals surface area contributed by atoms with Crippen molar-refractivity contribution < 1.29 is 13.9 Å². The fourth-order valence-electron chi connectivity index (χ4n) is 2.26. The van der Waals surface area contributed by atoms with Crippen LogP contribution in [0.2, 0.25) is 0 Å². The first kappa shape index (κ1) is 15.7. The van der Waals surface area contributed by atoms with Crippen LogP contribution < -0.4 is 10.1 Å². The Morgan fingerprint density at radius 1 is 0.917 bits per heavy atom. The Bertz CT molecular complexity index is 863. The highest BCUT2D eigenvalue weighted by atomic mass is 19.1. The van der Waals surface area contributed by atoms with Gasteiger partial charge in [-0.15, -0.1) is 0 Å². The van der Waals surface area contributed by atoms with Gasteiger partial charge in [-0.3, -0.25) is 4.79 Å². The Hall–Kier alpha value is -3.14. The fourth-order valence-corrected chi connectivity index (χ4v) is 2.26. The zero-order valence-electron chi connectivity index (χ0n) is 13.1. The third kappa shape index (κ3) is 3.60. The molecule has 0 saturated carbocycles. The molecular formula is C20H16FNO2. The number of benzene rings is 3. The van der Waals surface area contributed by atoms with Crippen molar-refractivity contribution in [3.63, 3.8) is 0 Å². The van der Waals surface area contributed by atoms with E-state index in [0.29, 0.717) is 17.2 Å². The topological polar surface area (TPSA) is 38.3 Å². The number of hydrogen-bond donors (Lipinski definition) is 1. The monoisotopic (exact) mass is 321 g/mol. The Morgan fingerprint density at radius 2 is 1.62 bits per heavy atom. The average molecular weight is 321 g/mol. The molecule has 0 aliphatic heterocycles. The molecule has 3 aromatic rings. The number of nitrogens with one attached hydrogen (secondary N) is 1. The maximum atomic E-state index is 13.7. The predicted octanol–water partition coefficient (Wildman–Crippen LogP) is 5.18. The second-order valence-corrected chi connectivity index (χ2v) is 5.33. The van der Waals surface area contributed by atoms with E-state index in [0.717, 1.165) is 5.56 Å². The maximum Gasteiger partial charge on any atom is 0.258 e. The number of aryl methyl sites for hydroxylation is 1. The minimum atomic E-state index is -0.552. The van der Waals surface area contributed by atoms with Gasteiger partial charge in [-0.05, 0) is 42.8 Å². The van der Waals surface area contributed by atoms with Gasteiger partial charge in [0.25, 0.3) is 5.91 Å². The highest BCUT2D eigenvalue weighted by Crippen LogP contribution is 2.27. The minimum absolute atomic E-state index is 0.00582. The molecule has 4 heteroatoms. The molecule has 120 valence electrons. The number of carbonyl (C=O) groups is 1. The van der Waals surface area contributed by atoms with Crippen LogP contribution in [-0.2, 0) is 0 Å². The van der Waals surface area contributed by atoms with E-state index in [1.165, 1.54) is 12.1 Å². The summed E-state index contributed by atoms with van der Waals surface area (Å²) in [6.07, 6.45) is 0. The van der Waals surface area contributed by atoms with E-state index < -0.39 is 11.7 Å². The van der Waals surface area contributed by atoms with Crippen LogP contribution in [-0.4, -0.2) is 5.91 Å². The molecule has 1 N–H and O–H groups in total. The summed E-state index contributed by atoms with van der Waals surface area (Å²) in [4.78, 5) is 12.3. The molecule has 1 amide bonds. The van der Waals surface area contributed by atoms with E-state index in [-0.39, 0.29) is 5.56 Å². The van der Waals surface area contributed by atoms with Gasteiger partial charge >= 0.3 is 0 Å².